The smallest absolute Gasteiger partial charge is 0.277 e. The number of aromatic nitrogens is 2. The molecule has 3 rings (SSSR count). The van der Waals surface area contributed by atoms with Crippen molar-refractivity contribution in [2.24, 2.45) is 5.41 Å². The highest BCUT2D eigenvalue weighted by Crippen LogP contribution is 2.43. The van der Waals surface area contributed by atoms with Crippen LogP contribution in [0.5, 0.6) is 0 Å². The van der Waals surface area contributed by atoms with Crippen LogP contribution in [-0.4, -0.2) is 34.1 Å². The fourth-order valence-corrected chi connectivity index (χ4v) is 4.40. The summed E-state index contributed by atoms with van der Waals surface area (Å²) in [7, 11) is 0. The van der Waals surface area contributed by atoms with E-state index in [1.54, 1.807) is 0 Å². The van der Waals surface area contributed by atoms with Crippen molar-refractivity contribution in [2.75, 3.05) is 13.1 Å². The molecule has 0 atom stereocenters. The summed E-state index contributed by atoms with van der Waals surface area (Å²) in [5, 5.41) is 6.63. The third kappa shape index (κ3) is 2.93. The number of hydrogen-bond acceptors (Lipinski definition) is 3. The molecule has 2 heterocycles. The lowest BCUT2D eigenvalue weighted by Crippen LogP contribution is -2.37. The normalized spacial score (nSPS) is 20.2. The quantitative estimate of drug-likeness (QED) is 0.932. The minimum atomic E-state index is -0.339. The minimum Gasteiger partial charge on any atom is -0.338 e. The molecule has 5 nitrogen and oxygen atoms in total. The Morgan fingerprint density at radius 3 is 2.57 bits per heavy atom. The fraction of sp³-hybridized carbons (Fsp3) is 0.722. The first-order valence-corrected chi connectivity index (χ1v) is 9.00. The van der Waals surface area contributed by atoms with Gasteiger partial charge in [-0.15, -0.1) is 0 Å². The number of nitrogens with zero attached hydrogens (tertiary/aromatic N) is 2. The van der Waals surface area contributed by atoms with Gasteiger partial charge in [-0.1, -0.05) is 33.1 Å². The highest BCUT2D eigenvalue weighted by atomic mass is 16.2. The molecular formula is C18H27N3O2. The summed E-state index contributed by atoms with van der Waals surface area (Å²) >= 11 is 0. The van der Waals surface area contributed by atoms with Crippen LogP contribution in [0, 0.1) is 5.41 Å². The van der Waals surface area contributed by atoms with Gasteiger partial charge in [-0.3, -0.25) is 9.59 Å². The molecule has 0 aromatic carbocycles. The zero-order chi connectivity index (χ0) is 16.4. The van der Waals surface area contributed by atoms with Crippen molar-refractivity contribution in [2.45, 2.75) is 65.2 Å². The van der Waals surface area contributed by atoms with Crippen LogP contribution >= 0.6 is 0 Å². The number of hydrogen-bond donors (Lipinski definition) is 1. The zero-order valence-corrected chi connectivity index (χ0v) is 14.3. The third-order valence-corrected chi connectivity index (χ3v) is 5.71. The van der Waals surface area contributed by atoms with E-state index < -0.39 is 0 Å². The first kappa shape index (κ1) is 16.2. The summed E-state index contributed by atoms with van der Waals surface area (Å²) in [6.45, 7) is 5.59. The monoisotopic (exact) mass is 317 g/mol. The third-order valence-electron chi connectivity index (χ3n) is 5.71. The SMILES string of the molecule is CCc1n[nH]c(=O)c(C(=O)N2CCC3(CCCCC3)C2)c1CC. The van der Waals surface area contributed by atoms with Gasteiger partial charge >= 0.3 is 0 Å². The fourth-order valence-electron chi connectivity index (χ4n) is 4.40. The van der Waals surface area contributed by atoms with E-state index >= 15 is 0 Å². The minimum absolute atomic E-state index is 0.0948. The Bertz CT molecular complexity index is 644. The molecule has 1 aromatic rings. The van der Waals surface area contributed by atoms with Crippen LogP contribution < -0.4 is 5.56 Å². The standard InChI is InChI=1S/C18H27N3O2/c1-3-13-14(4-2)19-20-16(22)15(13)17(23)21-11-10-18(12-21)8-6-5-7-9-18/h3-12H2,1-2H3,(H,20,22). The van der Waals surface area contributed by atoms with Crippen LogP contribution in [0.15, 0.2) is 4.79 Å². The van der Waals surface area contributed by atoms with Crippen molar-refractivity contribution >= 4 is 5.91 Å². The van der Waals surface area contributed by atoms with E-state index in [9.17, 15) is 9.59 Å². The van der Waals surface area contributed by atoms with Crippen molar-refractivity contribution in [3.05, 3.63) is 27.2 Å². The molecule has 1 N–H and O–H groups in total. The molecule has 2 aliphatic rings. The van der Waals surface area contributed by atoms with Gasteiger partial charge in [0.05, 0.1) is 5.69 Å². The Kier molecular flexibility index (Phi) is 4.55. The lowest BCUT2D eigenvalue weighted by Gasteiger charge is -2.33. The average Bonchev–Trinajstić information content (AvgIpc) is 2.98. The summed E-state index contributed by atoms with van der Waals surface area (Å²) in [5.41, 5.74) is 1.96. The molecule has 5 heteroatoms. The molecule has 1 saturated heterocycles. The molecule has 126 valence electrons. The van der Waals surface area contributed by atoms with Crippen molar-refractivity contribution in [1.29, 1.82) is 0 Å². The van der Waals surface area contributed by atoms with Gasteiger partial charge in [-0.05, 0) is 43.1 Å². The number of likely N-dealkylation sites (tertiary alicyclic amines) is 1. The van der Waals surface area contributed by atoms with Crippen LogP contribution in [0.3, 0.4) is 0 Å². The van der Waals surface area contributed by atoms with E-state index in [2.05, 4.69) is 10.2 Å². The Morgan fingerprint density at radius 1 is 1.17 bits per heavy atom. The highest BCUT2D eigenvalue weighted by Gasteiger charge is 2.41. The predicted molar refractivity (Wildman–Crippen MR) is 89.7 cm³/mol. The first-order chi connectivity index (χ1) is 11.1. The van der Waals surface area contributed by atoms with E-state index in [0.717, 1.165) is 37.2 Å². The van der Waals surface area contributed by atoms with Gasteiger partial charge in [0.1, 0.15) is 5.56 Å². The van der Waals surface area contributed by atoms with Gasteiger partial charge in [0.2, 0.25) is 0 Å². The van der Waals surface area contributed by atoms with Gasteiger partial charge in [-0.25, -0.2) is 5.10 Å². The van der Waals surface area contributed by atoms with E-state index in [1.807, 2.05) is 18.7 Å². The summed E-state index contributed by atoms with van der Waals surface area (Å²) in [5.74, 6) is -0.0948. The number of carbonyl (C=O) groups excluding carboxylic acids is 1. The van der Waals surface area contributed by atoms with E-state index in [1.165, 1.54) is 32.1 Å². The molecule has 1 aliphatic heterocycles. The second-order valence-electron chi connectivity index (χ2n) is 7.10. The Labute approximate surface area is 137 Å². The van der Waals surface area contributed by atoms with Crippen LogP contribution in [0.4, 0.5) is 0 Å². The molecule has 0 unspecified atom stereocenters. The van der Waals surface area contributed by atoms with Gasteiger partial charge in [-0.2, -0.15) is 5.10 Å². The average molecular weight is 317 g/mol. The molecule has 2 fully saturated rings. The number of rotatable bonds is 3. The molecule has 23 heavy (non-hydrogen) atoms. The second-order valence-corrected chi connectivity index (χ2v) is 7.10. The molecule has 1 spiro atoms. The summed E-state index contributed by atoms with van der Waals surface area (Å²) in [4.78, 5) is 27.2. The molecule has 0 radical (unpaired) electrons. The van der Waals surface area contributed by atoms with Crippen molar-refractivity contribution < 1.29 is 4.79 Å². The second kappa shape index (κ2) is 6.46. The topological polar surface area (TPSA) is 66.1 Å². The number of amides is 1. The van der Waals surface area contributed by atoms with E-state index in [0.29, 0.717) is 17.4 Å². The van der Waals surface area contributed by atoms with Crippen LogP contribution in [-0.2, 0) is 12.8 Å². The number of aromatic amines is 1. The van der Waals surface area contributed by atoms with Crippen LogP contribution in [0.2, 0.25) is 0 Å². The van der Waals surface area contributed by atoms with Gasteiger partial charge in [0, 0.05) is 13.1 Å². The Morgan fingerprint density at radius 2 is 1.91 bits per heavy atom. The molecule has 1 saturated carbocycles. The van der Waals surface area contributed by atoms with Crippen LogP contribution in [0.1, 0.15) is 74.0 Å². The van der Waals surface area contributed by atoms with Crippen LogP contribution in [0.25, 0.3) is 0 Å². The first-order valence-electron chi connectivity index (χ1n) is 9.00. The van der Waals surface area contributed by atoms with E-state index in [4.69, 9.17) is 0 Å². The molecule has 1 aromatic heterocycles. The summed E-state index contributed by atoms with van der Waals surface area (Å²) < 4.78 is 0. The van der Waals surface area contributed by atoms with Gasteiger partial charge in [0.15, 0.2) is 0 Å². The molecular weight excluding hydrogens is 290 g/mol. The lowest BCUT2D eigenvalue weighted by molar-refractivity contribution is 0.0755. The summed E-state index contributed by atoms with van der Waals surface area (Å²) in [6, 6.07) is 0. The molecule has 1 amide bonds. The largest absolute Gasteiger partial charge is 0.338 e. The number of carbonyl (C=O) groups is 1. The molecule has 1 aliphatic carbocycles. The highest BCUT2D eigenvalue weighted by molar-refractivity contribution is 5.95. The van der Waals surface area contributed by atoms with Gasteiger partial charge in [0.25, 0.3) is 11.5 Å². The number of nitrogens with one attached hydrogen (secondary N) is 1. The number of aryl methyl sites for hydroxylation is 1. The maximum absolute atomic E-state index is 13.0. The predicted octanol–water partition coefficient (Wildman–Crippen LogP) is 2.69. The summed E-state index contributed by atoms with van der Waals surface area (Å²) in [6.07, 6.45) is 8.80. The van der Waals surface area contributed by atoms with Crippen molar-refractivity contribution in [1.82, 2.24) is 15.1 Å². The Balaban J connectivity index is 1.88. The molecule has 0 bridgehead atoms. The lowest BCUT2D eigenvalue weighted by atomic mass is 9.73. The van der Waals surface area contributed by atoms with Crippen molar-refractivity contribution in [3.8, 4) is 0 Å². The maximum atomic E-state index is 13.0. The van der Waals surface area contributed by atoms with Crippen molar-refractivity contribution in [3.63, 3.8) is 0 Å². The Hall–Kier alpha value is -1.65. The zero-order valence-electron chi connectivity index (χ0n) is 14.3. The van der Waals surface area contributed by atoms with E-state index in [-0.39, 0.29) is 11.5 Å². The number of H-pyrrole nitrogens is 1. The van der Waals surface area contributed by atoms with Gasteiger partial charge < -0.3 is 4.90 Å². The maximum Gasteiger partial charge on any atom is 0.277 e.